The Kier molecular flexibility index (Phi) is 6.97. The lowest BCUT2D eigenvalue weighted by molar-refractivity contribution is -0.167. The number of hydrogen-bond acceptors (Lipinski definition) is 4. The summed E-state index contributed by atoms with van der Waals surface area (Å²) in [6, 6.07) is 10.5. The number of anilines is 1. The smallest absolute Gasteiger partial charge is 0.352 e. The number of carbonyl (C=O) groups excluding carboxylic acids is 4. The first-order chi connectivity index (χ1) is 15.1. The highest BCUT2D eigenvalue weighted by Crippen LogP contribution is 2.26. The molecule has 0 bridgehead atoms. The summed E-state index contributed by atoms with van der Waals surface area (Å²) in [4.78, 5) is 49.0. The zero-order chi connectivity index (χ0) is 23.5. The van der Waals surface area contributed by atoms with Crippen molar-refractivity contribution in [1.82, 2.24) is 10.2 Å². The summed E-state index contributed by atoms with van der Waals surface area (Å²) in [5.74, 6) is -3.26. The maximum absolute atomic E-state index is 12.4. The highest BCUT2D eigenvalue weighted by molar-refractivity contribution is 9.10. The van der Waals surface area contributed by atoms with E-state index in [4.69, 9.17) is 0 Å². The molecule has 1 heterocycles. The van der Waals surface area contributed by atoms with Crippen LogP contribution in [-0.4, -0.2) is 41.2 Å². The van der Waals surface area contributed by atoms with E-state index in [1.165, 1.54) is 18.2 Å². The van der Waals surface area contributed by atoms with Crippen LogP contribution in [-0.2, 0) is 16.1 Å². The first-order valence-corrected chi connectivity index (χ1v) is 10.2. The Balaban J connectivity index is 1.46. The van der Waals surface area contributed by atoms with E-state index in [1.54, 1.807) is 29.6 Å². The maximum atomic E-state index is 12.4. The Morgan fingerprint density at radius 3 is 2.44 bits per heavy atom. The van der Waals surface area contributed by atoms with Crippen LogP contribution in [0.1, 0.15) is 39.1 Å². The lowest BCUT2D eigenvalue weighted by atomic mass is 10.1. The lowest BCUT2D eigenvalue weighted by Crippen LogP contribution is -2.32. The van der Waals surface area contributed by atoms with Crippen molar-refractivity contribution in [2.45, 2.75) is 25.6 Å². The number of benzene rings is 2. The van der Waals surface area contributed by atoms with Gasteiger partial charge in [0.25, 0.3) is 11.8 Å². The van der Waals surface area contributed by atoms with Gasteiger partial charge in [0.2, 0.25) is 5.91 Å². The van der Waals surface area contributed by atoms with Gasteiger partial charge < -0.3 is 10.6 Å². The van der Waals surface area contributed by atoms with Crippen molar-refractivity contribution < 1.29 is 32.3 Å². The number of carbonyl (C=O) groups is 4. The molecular formula is C21H17BrF3N3O4. The predicted molar refractivity (Wildman–Crippen MR) is 112 cm³/mol. The second-order valence-electron chi connectivity index (χ2n) is 6.98. The summed E-state index contributed by atoms with van der Waals surface area (Å²) in [5.41, 5.74) is 1.08. The molecule has 0 radical (unpaired) electrons. The molecule has 168 valence electrons. The van der Waals surface area contributed by atoms with E-state index >= 15 is 0 Å². The van der Waals surface area contributed by atoms with Crippen molar-refractivity contribution in [3.63, 3.8) is 0 Å². The molecule has 0 aliphatic carbocycles. The van der Waals surface area contributed by atoms with Crippen LogP contribution in [0, 0.1) is 0 Å². The minimum Gasteiger partial charge on any atom is -0.352 e. The molecule has 0 atom stereocenters. The monoisotopic (exact) mass is 511 g/mol. The zero-order valence-electron chi connectivity index (χ0n) is 16.5. The topological polar surface area (TPSA) is 95.6 Å². The van der Waals surface area contributed by atoms with E-state index in [2.05, 4.69) is 21.2 Å². The van der Waals surface area contributed by atoms with Gasteiger partial charge >= 0.3 is 12.1 Å². The summed E-state index contributed by atoms with van der Waals surface area (Å²) < 4.78 is 37.7. The van der Waals surface area contributed by atoms with Gasteiger partial charge in [0.05, 0.1) is 11.1 Å². The standard InChI is InChI=1S/C21H17BrF3N3O4/c22-13-6-7-15-16(10-13)19(31)28(18(15)30)8-2-5-17(29)26-11-12-3-1-4-14(9-12)27-20(32)21(23,24)25/h1,3-4,6-7,9-10H,2,5,8,11H2,(H,26,29)(H,27,32). The van der Waals surface area contributed by atoms with Crippen LogP contribution >= 0.6 is 15.9 Å². The molecule has 1 aliphatic rings. The third kappa shape index (κ3) is 5.52. The molecule has 2 aromatic rings. The van der Waals surface area contributed by atoms with Crippen LogP contribution in [0.4, 0.5) is 18.9 Å². The molecule has 0 saturated heterocycles. The molecule has 3 rings (SSSR count). The molecule has 0 fully saturated rings. The van der Waals surface area contributed by atoms with Crippen molar-refractivity contribution in [3.05, 3.63) is 63.6 Å². The lowest BCUT2D eigenvalue weighted by Gasteiger charge is -2.13. The zero-order valence-corrected chi connectivity index (χ0v) is 18.0. The minimum absolute atomic E-state index is 0.0373. The SMILES string of the molecule is O=C(CCCN1C(=O)c2ccc(Br)cc2C1=O)NCc1cccc(NC(=O)C(F)(F)F)c1. The Bertz CT molecular complexity index is 1090. The molecule has 0 saturated carbocycles. The number of nitrogens with zero attached hydrogens (tertiary/aromatic N) is 1. The number of alkyl halides is 3. The molecular weight excluding hydrogens is 495 g/mol. The molecule has 4 amide bonds. The highest BCUT2D eigenvalue weighted by Gasteiger charge is 2.38. The summed E-state index contributed by atoms with van der Waals surface area (Å²) in [7, 11) is 0. The van der Waals surface area contributed by atoms with E-state index in [0.29, 0.717) is 21.2 Å². The Morgan fingerprint density at radius 1 is 1.00 bits per heavy atom. The second kappa shape index (κ2) is 9.51. The van der Waals surface area contributed by atoms with Gasteiger partial charge in [-0.2, -0.15) is 13.2 Å². The van der Waals surface area contributed by atoms with Gasteiger partial charge in [0, 0.05) is 29.7 Å². The van der Waals surface area contributed by atoms with E-state index in [0.717, 1.165) is 4.90 Å². The van der Waals surface area contributed by atoms with E-state index in [-0.39, 0.29) is 37.5 Å². The van der Waals surface area contributed by atoms with Gasteiger partial charge in [-0.25, -0.2) is 0 Å². The van der Waals surface area contributed by atoms with E-state index in [1.807, 2.05) is 0 Å². The Morgan fingerprint density at radius 2 is 1.72 bits per heavy atom. The molecule has 32 heavy (non-hydrogen) atoms. The van der Waals surface area contributed by atoms with E-state index in [9.17, 15) is 32.3 Å². The van der Waals surface area contributed by atoms with Crippen molar-refractivity contribution in [2.75, 3.05) is 11.9 Å². The van der Waals surface area contributed by atoms with Gasteiger partial charge in [0.1, 0.15) is 0 Å². The van der Waals surface area contributed by atoms with Crippen LogP contribution < -0.4 is 10.6 Å². The minimum atomic E-state index is -5.00. The summed E-state index contributed by atoms with van der Waals surface area (Å²) >= 11 is 3.26. The fourth-order valence-corrected chi connectivity index (χ4v) is 3.47. The predicted octanol–water partition coefficient (Wildman–Crippen LogP) is 3.64. The summed E-state index contributed by atoms with van der Waals surface area (Å²) in [5, 5.41) is 4.36. The van der Waals surface area contributed by atoms with Crippen molar-refractivity contribution in [1.29, 1.82) is 0 Å². The molecule has 1 aliphatic heterocycles. The molecule has 2 N–H and O–H groups in total. The number of imide groups is 1. The molecule has 0 aromatic heterocycles. The van der Waals surface area contributed by atoms with Crippen LogP contribution in [0.25, 0.3) is 0 Å². The third-order valence-electron chi connectivity index (χ3n) is 4.65. The first-order valence-electron chi connectivity index (χ1n) is 9.46. The normalized spacial score (nSPS) is 13.2. The fourth-order valence-electron chi connectivity index (χ4n) is 3.11. The van der Waals surface area contributed by atoms with Gasteiger partial charge in [0.15, 0.2) is 0 Å². The van der Waals surface area contributed by atoms with Crippen molar-refractivity contribution in [2.24, 2.45) is 0 Å². The first kappa shape index (κ1) is 23.5. The molecule has 11 heteroatoms. The number of rotatable bonds is 7. The number of amides is 4. The number of hydrogen-bond donors (Lipinski definition) is 2. The van der Waals surface area contributed by atoms with Crippen LogP contribution in [0.5, 0.6) is 0 Å². The average Bonchev–Trinajstić information content (AvgIpc) is 2.96. The number of fused-ring (bicyclic) bond motifs is 1. The van der Waals surface area contributed by atoms with Gasteiger partial charge in [-0.05, 0) is 42.3 Å². The largest absolute Gasteiger partial charge is 0.471 e. The molecule has 0 unspecified atom stereocenters. The maximum Gasteiger partial charge on any atom is 0.471 e. The number of halogens is 4. The Labute approximate surface area is 189 Å². The quantitative estimate of drug-likeness (QED) is 0.554. The molecule has 7 nitrogen and oxygen atoms in total. The van der Waals surface area contributed by atoms with E-state index < -0.39 is 23.9 Å². The molecule has 0 spiro atoms. The van der Waals surface area contributed by atoms with Gasteiger partial charge in [-0.15, -0.1) is 0 Å². The average molecular weight is 512 g/mol. The Hall–Kier alpha value is -3.21. The third-order valence-corrected chi connectivity index (χ3v) is 5.14. The van der Waals surface area contributed by atoms with Crippen LogP contribution in [0.3, 0.4) is 0 Å². The highest BCUT2D eigenvalue weighted by atomic mass is 79.9. The summed E-state index contributed by atoms with van der Waals surface area (Å²) in [6.45, 7) is 0.117. The summed E-state index contributed by atoms with van der Waals surface area (Å²) in [6.07, 6.45) is -4.71. The van der Waals surface area contributed by atoms with Crippen molar-refractivity contribution >= 4 is 45.2 Å². The second-order valence-corrected chi connectivity index (χ2v) is 7.90. The van der Waals surface area contributed by atoms with Gasteiger partial charge in [-0.3, -0.25) is 24.1 Å². The van der Waals surface area contributed by atoms with Crippen LogP contribution in [0.15, 0.2) is 46.9 Å². The number of nitrogens with one attached hydrogen (secondary N) is 2. The fraction of sp³-hybridized carbons (Fsp3) is 0.238. The van der Waals surface area contributed by atoms with Gasteiger partial charge in [-0.1, -0.05) is 28.1 Å². The molecule has 2 aromatic carbocycles. The van der Waals surface area contributed by atoms with Crippen molar-refractivity contribution in [3.8, 4) is 0 Å². The van der Waals surface area contributed by atoms with Crippen LogP contribution in [0.2, 0.25) is 0 Å².